The third kappa shape index (κ3) is 3.08. The third-order valence-electron chi connectivity index (χ3n) is 4.90. The van der Waals surface area contributed by atoms with Crippen LogP contribution in [0.3, 0.4) is 0 Å². The molecule has 3 heteroatoms. The zero-order chi connectivity index (χ0) is 13.9. The topological polar surface area (TPSA) is 36.4 Å². The minimum absolute atomic E-state index is 0.435. The van der Waals surface area contributed by atoms with Crippen LogP contribution in [-0.4, -0.2) is 23.2 Å². The van der Waals surface area contributed by atoms with Gasteiger partial charge in [0.1, 0.15) is 5.82 Å². The molecule has 0 bridgehead atoms. The van der Waals surface area contributed by atoms with Crippen LogP contribution in [0.5, 0.6) is 0 Å². The van der Waals surface area contributed by atoms with Gasteiger partial charge in [-0.15, -0.1) is 0 Å². The maximum absolute atomic E-state index is 9.50. The zero-order valence-corrected chi connectivity index (χ0v) is 12.4. The lowest BCUT2D eigenvalue weighted by molar-refractivity contribution is 0.197. The molecule has 0 aromatic carbocycles. The maximum atomic E-state index is 9.50. The van der Waals surface area contributed by atoms with Gasteiger partial charge in [0.25, 0.3) is 0 Å². The van der Waals surface area contributed by atoms with Crippen LogP contribution in [0, 0.1) is 5.41 Å². The van der Waals surface area contributed by atoms with E-state index in [1.54, 1.807) is 13.1 Å². The summed E-state index contributed by atoms with van der Waals surface area (Å²) in [4.78, 5) is 6.86. The number of nitrogens with zero attached hydrogens (tertiary/aromatic N) is 2. The first-order valence-electron chi connectivity index (χ1n) is 7.49. The van der Waals surface area contributed by atoms with Gasteiger partial charge in [0.05, 0.1) is 6.10 Å². The van der Waals surface area contributed by atoms with Crippen LogP contribution in [0.2, 0.25) is 0 Å². The molecule has 1 aliphatic heterocycles. The average Bonchev–Trinajstić information content (AvgIpc) is 2.47. The van der Waals surface area contributed by atoms with E-state index in [1.807, 2.05) is 12.1 Å². The Kier molecular flexibility index (Phi) is 4.46. The summed E-state index contributed by atoms with van der Waals surface area (Å²) in [6.45, 7) is 8.60. The number of piperidine rings is 1. The van der Waals surface area contributed by atoms with Gasteiger partial charge in [-0.25, -0.2) is 4.98 Å². The quantitative estimate of drug-likeness (QED) is 0.901. The number of anilines is 1. The normalized spacial score (nSPS) is 20.3. The fourth-order valence-electron chi connectivity index (χ4n) is 3.00. The molecule has 0 saturated carbocycles. The molecule has 19 heavy (non-hydrogen) atoms. The third-order valence-corrected chi connectivity index (χ3v) is 4.90. The van der Waals surface area contributed by atoms with Crippen LogP contribution in [0.1, 0.15) is 58.1 Å². The van der Waals surface area contributed by atoms with Gasteiger partial charge in [-0.2, -0.15) is 0 Å². The van der Waals surface area contributed by atoms with E-state index in [1.165, 1.54) is 25.7 Å². The molecule has 0 spiro atoms. The van der Waals surface area contributed by atoms with E-state index < -0.39 is 6.10 Å². The second-order valence-corrected chi connectivity index (χ2v) is 5.82. The minimum Gasteiger partial charge on any atom is -0.389 e. The predicted octanol–water partition coefficient (Wildman–Crippen LogP) is 3.54. The highest BCUT2D eigenvalue weighted by Gasteiger charge is 2.31. The van der Waals surface area contributed by atoms with Crippen molar-refractivity contribution in [2.45, 2.75) is 52.6 Å². The number of pyridine rings is 1. The Bertz CT molecular complexity index is 386. The number of hydrogen-bond donors (Lipinski definition) is 1. The van der Waals surface area contributed by atoms with Gasteiger partial charge in [0, 0.05) is 19.3 Å². The van der Waals surface area contributed by atoms with Crippen molar-refractivity contribution < 1.29 is 5.11 Å². The molecule has 3 nitrogen and oxygen atoms in total. The summed E-state index contributed by atoms with van der Waals surface area (Å²) in [5.74, 6) is 1.05. The highest BCUT2D eigenvalue weighted by atomic mass is 16.3. The molecule has 106 valence electrons. The van der Waals surface area contributed by atoms with E-state index in [-0.39, 0.29) is 0 Å². The standard InChI is InChI=1S/C16H26N2O/c1-4-16(5-2)8-10-18(11-9-16)15-7-6-14(12-17-15)13(3)19/h6-7,12-13,19H,4-5,8-11H2,1-3H3/t13-/m1/s1. The van der Waals surface area contributed by atoms with Crippen molar-refractivity contribution in [2.75, 3.05) is 18.0 Å². The molecule has 1 atom stereocenters. The summed E-state index contributed by atoms with van der Waals surface area (Å²) in [5, 5.41) is 9.50. The highest BCUT2D eigenvalue weighted by Crippen LogP contribution is 2.38. The maximum Gasteiger partial charge on any atom is 0.128 e. The van der Waals surface area contributed by atoms with Crippen molar-refractivity contribution in [2.24, 2.45) is 5.41 Å². The number of hydrogen-bond acceptors (Lipinski definition) is 3. The summed E-state index contributed by atoms with van der Waals surface area (Å²) in [6.07, 6.45) is 6.45. The predicted molar refractivity (Wildman–Crippen MR) is 79.3 cm³/mol. The minimum atomic E-state index is -0.435. The van der Waals surface area contributed by atoms with Crippen molar-refractivity contribution in [3.8, 4) is 0 Å². The van der Waals surface area contributed by atoms with Crippen molar-refractivity contribution in [1.82, 2.24) is 4.98 Å². The molecule has 0 radical (unpaired) electrons. The molecule has 1 aromatic rings. The fraction of sp³-hybridized carbons (Fsp3) is 0.688. The molecule has 1 fully saturated rings. The summed E-state index contributed by atoms with van der Waals surface area (Å²) in [7, 11) is 0. The molecule has 0 unspecified atom stereocenters. The largest absolute Gasteiger partial charge is 0.389 e. The van der Waals surface area contributed by atoms with Crippen LogP contribution >= 0.6 is 0 Å². The molecule has 0 aliphatic carbocycles. The van der Waals surface area contributed by atoms with E-state index in [0.29, 0.717) is 5.41 Å². The molecule has 1 N–H and O–H groups in total. The first-order chi connectivity index (χ1) is 9.10. The lowest BCUT2D eigenvalue weighted by Gasteiger charge is -2.41. The molecule has 2 rings (SSSR count). The van der Waals surface area contributed by atoms with Crippen LogP contribution in [0.25, 0.3) is 0 Å². The van der Waals surface area contributed by atoms with Crippen molar-refractivity contribution in [1.29, 1.82) is 0 Å². The average molecular weight is 262 g/mol. The van der Waals surface area contributed by atoms with E-state index in [9.17, 15) is 5.11 Å². The molecular weight excluding hydrogens is 236 g/mol. The lowest BCUT2D eigenvalue weighted by Crippen LogP contribution is -2.40. The van der Waals surface area contributed by atoms with Crippen molar-refractivity contribution in [3.05, 3.63) is 23.9 Å². The summed E-state index contributed by atoms with van der Waals surface area (Å²) >= 11 is 0. The first kappa shape index (κ1) is 14.3. The number of aliphatic hydroxyl groups is 1. The van der Waals surface area contributed by atoms with Crippen LogP contribution in [0.15, 0.2) is 18.3 Å². The number of rotatable bonds is 4. The summed E-state index contributed by atoms with van der Waals surface area (Å²) in [6, 6.07) is 4.02. The number of aromatic nitrogens is 1. The zero-order valence-electron chi connectivity index (χ0n) is 12.4. The second kappa shape index (κ2) is 5.91. The van der Waals surface area contributed by atoms with Gasteiger partial charge >= 0.3 is 0 Å². The molecule has 1 aliphatic rings. The Balaban J connectivity index is 2.01. The first-order valence-corrected chi connectivity index (χ1v) is 7.49. The van der Waals surface area contributed by atoms with Crippen LogP contribution in [0.4, 0.5) is 5.82 Å². The second-order valence-electron chi connectivity index (χ2n) is 5.82. The highest BCUT2D eigenvalue weighted by molar-refractivity contribution is 5.40. The van der Waals surface area contributed by atoms with Crippen LogP contribution in [-0.2, 0) is 0 Å². The van der Waals surface area contributed by atoms with Crippen LogP contribution < -0.4 is 4.90 Å². The Morgan fingerprint density at radius 1 is 1.26 bits per heavy atom. The molecule has 0 amide bonds. The Morgan fingerprint density at radius 2 is 1.89 bits per heavy atom. The van der Waals surface area contributed by atoms with E-state index in [4.69, 9.17) is 0 Å². The summed E-state index contributed by atoms with van der Waals surface area (Å²) < 4.78 is 0. The van der Waals surface area contributed by atoms with Gasteiger partial charge in [-0.3, -0.25) is 0 Å². The van der Waals surface area contributed by atoms with E-state index in [0.717, 1.165) is 24.5 Å². The summed E-state index contributed by atoms with van der Waals surface area (Å²) in [5.41, 5.74) is 1.44. The molecule has 2 heterocycles. The van der Waals surface area contributed by atoms with Gasteiger partial charge in [0.2, 0.25) is 0 Å². The van der Waals surface area contributed by atoms with Gasteiger partial charge in [-0.05, 0) is 36.8 Å². The molecule has 1 aromatic heterocycles. The Morgan fingerprint density at radius 3 is 2.32 bits per heavy atom. The van der Waals surface area contributed by atoms with Crippen molar-refractivity contribution in [3.63, 3.8) is 0 Å². The van der Waals surface area contributed by atoms with Crippen molar-refractivity contribution >= 4 is 5.82 Å². The number of aliphatic hydroxyl groups excluding tert-OH is 1. The van der Waals surface area contributed by atoms with E-state index >= 15 is 0 Å². The Labute approximate surface area is 116 Å². The smallest absolute Gasteiger partial charge is 0.128 e. The lowest BCUT2D eigenvalue weighted by atomic mass is 9.74. The van der Waals surface area contributed by atoms with Gasteiger partial charge in [-0.1, -0.05) is 32.8 Å². The monoisotopic (exact) mass is 262 g/mol. The van der Waals surface area contributed by atoms with Gasteiger partial charge < -0.3 is 10.0 Å². The fourth-order valence-corrected chi connectivity index (χ4v) is 3.00. The SMILES string of the molecule is CCC1(CC)CCN(c2ccc([C@@H](C)O)cn2)CC1. The molecular formula is C16H26N2O. The Hall–Kier alpha value is -1.09. The van der Waals surface area contributed by atoms with Gasteiger partial charge in [0.15, 0.2) is 0 Å². The molecule has 1 saturated heterocycles. The van der Waals surface area contributed by atoms with E-state index in [2.05, 4.69) is 23.7 Å².